The Labute approximate surface area is 148 Å². The van der Waals surface area contributed by atoms with E-state index in [2.05, 4.69) is 10.6 Å². The van der Waals surface area contributed by atoms with E-state index in [1.807, 2.05) is 0 Å². The number of hydrogen-bond acceptors (Lipinski definition) is 2. The standard InChI is InChI=1S/C19H26FN3O2/c20-15-6-3-7-17(13-15)22-19(25)23-10-8-16(9-11-23)21-18(24)12-14-4-1-2-5-14/h3,6-7,13-14,16H,1-2,4-5,8-12H2,(H,21,24)(H,22,25). The van der Waals surface area contributed by atoms with E-state index in [-0.39, 0.29) is 23.8 Å². The molecule has 0 bridgehead atoms. The molecule has 2 fully saturated rings. The predicted octanol–water partition coefficient (Wildman–Crippen LogP) is 3.52. The number of benzene rings is 1. The Morgan fingerprint density at radius 3 is 2.52 bits per heavy atom. The van der Waals surface area contributed by atoms with Crippen molar-refractivity contribution < 1.29 is 14.0 Å². The van der Waals surface area contributed by atoms with Crippen LogP contribution in [0.3, 0.4) is 0 Å². The molecule has 1 aromatic carbocycles. The number of anilines is 1. The molecule has 0 spiro atoms. The third kappa shape index (κ3) is 5.18. The highest BCUT2D eigenvalue weighted by molar-refractivity contribution is 5.89. The molecule has 2 aliphatic rings. The van der Waals surface area contributed by atoms with Gasteiger partial charge in [0.2, 0.25) is 5.91 Å². The van der Waals surface area contributed by atoms with Crippen molar-refractivity contribution in [1.82, 2.24) is 10.2 Å². The number of amides is 3. The summed E-state index contributed by atoms with van der Waals surface area (Å²) in [5, 5.41) is 5.83. The summed E-state index contributed by atoms with van der Waals surface area (Å²) < 4.78 is 13.2. The molecule has 1 saturated heterocycles. The monoisotopic (exact) mass is 347 g/mol. The molecule has 0 atom stereocenters. The van der Waals surface area contributed by atoms with Crippen molar-refractivity contribution >= 4 is 17.6 Å². The SMILES string of the molecule is O=C(CC1CCCC1)NC1CCN(C(=O)Nc2cccc(F)c2)CC1. The lowest BCUT2D eigenvalue weighted by molar-refractivity contribution is -0.122. The molecule has 136 valence electrons. The van der Waals surface area contributed by atoms with Crippen molar-refractivity contribution in [1.29, 1.82) is 0 Å². The number of nitrogens with one attached hydrogen (secondary N) is 2. The van der Waals surface area contributed by atoms with E-state index >= 15 is 0 Å². The lowest BCUT2D eigenvalue weighted by Gasteiger charge is -2.32. The average molecular weight is 347 g/mol. The molecule has 3 amide bonds. The Balaban J connectivity index is 1.40. The number of piperidine rings is 1. The van der Waals surface area contributed by atoms with Crippen molar-refractivity contribution in [3.8, 4) is 0 Å². The lowest BCUT2D eigenvalue weighted by atomic mass is 10.0. The number of rotatable bonds is 4. The first-order valence-corrected chi connectivity index (χ1v) is 9.21. The van der Waals surface area contributed by atoms with Gasteiger partial charge in [0.05, 0.1) is 0 Å². The summed E-state index contributed by atoms with van der Waals surface area (Å²) in [7, 11) is 0. The number of likely N-dealkylation sites (tertiary alicyclic amines) is 1. The minimum absolute atomic E-state index is 0.145. The Morgan fingerprint density at radius 2 is 1.84 bits per heavy atom. The van der Waals surface area contributed by atoms with Crippen LogP contribution < -0.4 is 10.6 Å². The lowest BCUT2D eigenvalue weighted by Crippen LogP contribution is -2.47. The smallest absolute Gasteiger partial charge is 0.321 e. The molecule has 0 radical (unpaired) electrons. The molecule has 1 aromatic rings. The molecule has 1 aliphatic carbocycles. The van der Waals surface area contributed by atoms with E-state index in [1.54, 1.807) is 17.0 Å². The van der Waals surface area contributed by atoms with Crippen LogP contribution in [0, 0.1) is 11.7 Å². The minimum Gasteiger partial charge on any atom is -0.353 e. The maximum atomic E-state index is 13.2. The van der Waals surface area contributed by atoms with Gasteiger partial charge in [0.1, 0.15) is 5.82 Å². The number of nitrogens with zero attached hydrogens (tertiary/aromatic N) is 1. The van der Waals surface area contributed by atoms with Gasteiger partial charge in [-0.25, -0.2) is 9.18 Å². The van der Waals surface area contributed by atoms with Crippen molar-refractivity contribution in [3.05, 3.63) is 30.1 Å². The van der Waals surface area contributed by atoms with Gasteiger partial charge >= 0.3 is 6.03 Å². The number of halogens is 1. The highest BCUT2D eigenvalue weighted by atomic mass is 19.1. The molecule has 1 saturated carbocycles. The van der Waals surface area contributed by atoms with Crippen molar-refractivity contribution in [3.63, 3.8) is 0 Å². The normalized spacial score (nSPS) is 19.0. The fraction of sp³-hybridized carbons (Fsp3) is 0.579. The largest absolute Gasteiger partial charge is 0.353 e. The van der Waals surface area contributed by atoms with Crippen LogP contribution in [0.2, 0.25) is 0 Å². The van der Waals surface area contributed by atoms with Gasteiger partial charge in [-0.2, -0.15) is 0 Å². The molecule has 0 unspecified atom stereocenters. The van der Waals surface area contributed by atoms with E-state index in [0.717, 1.165) is 12.8 Å². The topological polar surface area (TPSA) is 61.4 Å². The Hall–Kier alpha value is -2.11. The van der Waals surface area contributed by atoms with Crippen LogP contribution >= 0.6 is 0 Å². The molecule has 0 aromatic heterocycles. The molecule has 2 N–H and O–H groups in total. The number of carbonyl (C=O) groups is 2. The van der Waals surface area contributed by atoms with E-state index in [4.69, 9.17) is 0 Å². The van der Waals surface area contributed by atoms with Crippen LogP contribution in [0.25, 0.3) is 0 Å². The van der Waals surface area contributed by atoms with E-state index in [1.165, 1.54) is 37.8 Å². The summed E-state index contributed by atoms with van der Waals surface area (Å²) in [4.78, 5) is 26.1. The van der Waals surface area contributed by atoms with Gasteiger partial charge in [0.15, 0.2) is 0 Å². The minimum atomic E-state index is -0.374. The number of carbonyl (C=O) groups excluding carboxylic acids is 2. The van der Waals surface area contributed by atoms with Crippen LogP contribution in [0.5, 0.6) is 0 Å². The van der Waals surface area contributed by atoms with Gasteiger partial charge in [-0.1, -0.05) is 18.9 Å². The van der Waals surface area contributed by atoms with E-state index in [9.17, 15) is 14.0 Å². The molecule has 6 heteroatoms. The second-order valence-corrected chi connectivity index (χ2v) is 7.12. The summed E-state index contributed by atoms with van der Waals surface area (Å²) in [5.74, 6) is 0.327. The van der Waals surface area contributed by atoms with Gasteiger partial charge in [0, 0.05) is 31.2 Å². The third-order valence-corrected chi connectivity index (χ3v) is 5.17. The molecule has 1 heterocycles. The Morgan fingerprint density at radius 1 is 1.12 bits per heavy atom. The third-order valence-electron chi connectivity index (χ3n) is 5.17. The summed E-state index contributed by atoms with van der Waals surface area (Å²) >= 11 is 0. The summed E-state index contributed by atoms with van der Waals surface area (Å²) in [6, 6.07) is 5.80. The summed E-state index contributed by atoms with van der Waals surface area (Å²) in [6.07, 6.45) is 6.99. The van der Waals surface area contributed by atoms with Crippen molar-refractivity contribution in [2.45, 2.75) is 51.0 Å². The molecular weight excluding hydrogens is 321 g/mol. The zero-order valence-electron chi connectivity index (χ0n) is 14.5. The summed E-state index contributed by atoms with van der Waals surface area (Å²) in [6.45, 7) is 1.19. The predicted molar refractivity (Wildman–Crippen MR) is 94.7 cm³/mol. The average Bonchev–Trinajstić information content (AvgIpc) is 3.08. The maximum absolute atomic E-state index is 13.2. The Kier molecular flexibility index (Phi) is 5.89. The number of urea groups is 1. The fourth-order valence-corrected chi connectivity index (χ4v) is 3.76. The van der Waals surface area contributed by atoms with E-state index < -0.39 is 0 Å². The second kappa shape index (κ2) is 8.32. The number of hydrogen-bond donors (Lipinski definition) is 2. The van der Waals surface area contributed by atoms with Crippen molar-refractivity contribution in [2.75, 3.05) is 18.4 Å². The van der Waals surface area contributed by atoms with Gasteiger partial charge in [0.25, 0.3) is 0 Å². The fourth-order valence-electron chi connectivity index (χ4n) is 3.76. The highest BCUT2D eigenvalue weighted by Crippen LogP contribution is 2.27. The zero-order valence-corrected chi connectivity index (χ0v) is 14.5. The zero-order chi connectivity index (χ0) is 17.6. The maximum Gasteiger partial charge on any atom is 0.321 e. The second-order valence-electron chi connectivity index (χ2n) is 7.12. The van der Waals surface area contributed by atoms with Gasteiger partial charge in [-0.05, 0) is 49.8 Å². The van der Waals surface area contributed by atoms with Crippen LogP contribution in [0.15, 0.2) is 24.3 Å². The van der Waals surface area contributed by atoms with Gasteiger partial charge < -0.3 is 15.5 Å². The first-order valence-electron chi connectivity index (χ1n) is 9.21. The first-order chi connectivity index (χ1) is 12.1. The molecule has 5 nitrogen and oxygen atoms in total. The van der Waals surface area contributed by atoms with Crippen molar-refractivity contribution in [2.24, 2.45) is 5.92 Å². The van der Waals surface area contributed by atoms with Gasteiger partial charge in [-0.3, -0.25) is 4.79 Å². The molecular formula is C19H26FN3O2. The van der Waals surface area contributed by atoms with Gasteiger partial charge in [-0.15, -0.1) is 0 Å². The van der Waals surface area contributed by atoms with E-state index in [0.29, 0.717) is 31.1 Å². The summed E-state index contributed by atoms with van der Waals surface area (Å²) in [5.41, 5.74) is 0.456. The molecule has 25 heavy (non-hydrogen) atoms. The van der Waals surface area contributed by atoms with Crippen LogP contribution in [-0.2, 0) is 4.79 Å². The quantitative estimate of drug-likeness (QED) is 0.875. The molecule has 1 aliphatic heterocycles. The highest BCUT2D eigenvalue weighted by Gasteiger charge is 2.25. The van der Waals surface area contributed by atoms with Crippen LogP contribution in [0.1, 0.15) is 44.9 Å². The van der Waals surface area contributed by atoms with Crippen LogP contribution in [0.4, 0.5) is 14.9 Å². The Bertz CT molecular complexity index is 608. The molecule has 3 rings (SSSR count). The first kappa shape index (κ1) is 17.7. The van der Waals surface area contributed by atoms with Crippen LogP contribution in [-0.4, -0.2) is 36.0 Å².